The van der Waals surface area contributed by atoms with Crippen molar-refractivity contribution in [3.8, 4) is 11.5 Å². The van der Waals surface area contributed by atoms with Crippen molar-refractivity contribution < 1.29 is 14.6 Å². The lowest BCUT2D eigenvalue weighted by Crippen LogP contribution is -2.42. The van der Waals surface area contributed by atoms with Gasteiger partial charge >= 0.3 is 0 Å². The summed E-state index contributed by atoms with van der Waals surface area (Å²) < 4.78 is 11.5. The molecule has 0 bridgehead atoms. The lowest BCUT2D eigenvalue weighted by atomic mass is 9.84. The maximum atomic E-state index is 11.2. The zero-order chi connectivity index (χ0) is 23.5. The number of piperidine rings is 1. The molecule has 34 heavy (non-hydrogen) atoms. The highest BCUT2D eigenvalue weighted by Crippen LogP contribution is 2.38. The van der Waals surface area contributed by atoms with Crippen molar-refractivity contribution in [2.75, 3.05) is 26.7 Å². The molecule has 0 unspecified atom stereocenters. The standard InChI is InChI=1S/C28H29ClN2O3/c1-33-22-10-11-27-25(18-22)23(24-4-2-14-30-26(24)19-34-27)5-3-15-31-16-12-28(32,13-17-31)20-6-8-21(29)9-7-20/h2,4-11,14,18,32H,3,12-13,15-17,19H2,1H3. The van der Waals surface area contributed by atoms with Gasteiger partial charge in [-0.3, -0.25) is 4.98 Å². The van der Waals surface area contributed by atoms with Crippen LogP contribution in [0.4, 0.5) is 0 Å². The molecule has 3 heterocycles. The van der Waals surface area contributed by atoms with Crippen LogP contribution in [-0.4, -0.2) is 41.7 Å². The third kappa shape index (κ3) is 4.69. The summed E-state index contributed by atoms with van der Waals surface area (Å²) in [7, 11) is 1.68. The molecule has 5 nitrogen and oxygen atoms in total. The molecule has 2 aromatic carbocycles. The number of methoxy groups -OCH3 is 1. The number of hydrogen-bond acceptors (Lipinski definition) is 5. The second kappa shape index (κ2) is 9.79. The third-order valence-electron chi connectivity index (χ3n) is 6.88. The molecule has 1 saturated heterocycles. The Balaban J connectivity index is 1.31. The molecule has 0 atom stereocenters. The topological polar surface area (TPSA) is 54.8 Å². The molecule has 6 heteroatoms. The summed E-state index contributed by atoms with van der Waals surface area (Å²) in [5.74, 6) is 1.65. The molecule has 1 fully saturated rings. The monoisotopic (exact) mass is 476 g/mol. The number of hydrogen-bond donors (Lipinski definition) is 1. The van der Waals surface area contributed by atoms with Gasteiger partial charge in [0, 0.05) is 42.0 Å². The van der Waals surface area contributed by atoms with Gasteiger partial charge in [-0.2, -0.15) is 0 Å². The minimum atomic E-state index is -0.779. The van der Waals surface area contributed by atoms with Crippen molar-refractivity contribution in [3.05, 3.63) is 94.3 Å². The molecule has 5 rings (SSSR count). The predicted molar refractivity (Wildman–Crippen MR) is 134 cm³/mol. The highest BCUT2D eigenvalue weighted by molar-refractivity contribution is 6.30. The molecule has 3 aromatic rings. The normalized spacial score (nSPS) is 18.5. The number of benzene rings is 2. The van der Waals surface area contributed by atoms with Crippen LogP contribution in [0, 0.1) is 0 Å². The summed E-state index contributed by atoms with van der Waals surface area (Å²) in [5, 5.41) is 11.9. The Labute approximate surface area is 205 Å². The first-order chi connectivity index (χ1) is 16.6. The number of ether oxygens (including phenoxy) is 2. The quantitative estimate of drug-likeness (QED) is 0.531. The molecular weight excluding hydrogens is 448 g/mol. The van der Waals surface area contributed by atoms with Crippen molar-refractivity contribution in [3.63, 3.8) is 0 Å². The van der Waals surface area contributed by atoms with E-state index >= 15 is 0 Å². The first-order valence-electron chi connectivity index (χ1n) is 11.7. The van der Waals surface area contributed by atoms with E-state index in [9.17, 15) is 5.11 Å². The van der Waals surface area contributed by atoms with Gasteiger partial charge in [0.25, 0.3) is 0 Å². The predicted octanol–water partition coefficient (Wildman–Crippen LogP) is 5.44. The molecule has 1 aromatic heterocycles. The summed E-state index contributed by atoms with van der Waals surface area (Å²) in [6, 6.07) is 17.6. The first-order valence-corrected chi connectivity index (χ1v) is 12.1. The highest BCUT2D eigenvalue weighted by atomic mass is 35.5. The van der Waals surface area contributed by atoms with Gasteiger partial charge in [-0.15, -0.1) is 0 Å². The van der Waals surface area contributed by atoms with E-state index in [0.29, 0.717) is 24.5 Å². The fourth-order valence-electron chi connectivity index (χ4n) is 4.87. The zero-order valence-corrected chi connectivity index (χ0v) is 20.1. The molecule has 2 aliphatic heterocycles. The molecule has 0 aliphatic carbocycles. The average molecular weight is 477 g/mol. The Hall–Kier alpha value is -2.86. The van der Waals surface area contributed by atoms with Crippen molar-refractivity contribution in [2.45, 2.75) is 31.5 Å². The molecule has 0 radical (unpaired) electrons. The minimum Gasteiger partial charge on any atom is -0.497 e. The maximum absolute atomic E-state index is 11.2. The summed E-state index contributed by atoms with van der Waals surface area (Å²) in [4.78, 5) is 6.98. The summed E-state index contributed by atoms with van der Waals surface area (Å²) in [5.41, 5.74) is 4.37. The second-order valence-electron chi connectivity index (χ2n) is 8.94. The van der Waals surface area contributed by atoms with Gasteiger partial charge in [0.05, 0.1) is 18.4 Å². The van der Waals surface area contributed by atoms with Gasteiger partial charge in [-0.05, 0) is 66.8 Å². The van der Waals surface area contributed by atoms with Crippen LogP contribution in [0.5, 0.6) is 11.5 Å². The van der Waals surface area contributed by atoms with Crippen LogP contribution in [0.25, 0.3) is 5.57 Å². The third-order valence-corrected chi connectivity index (χ3v) is 7.13. The maximum Gasteiger partial charge on any atom is 0.131 e. The Morgan fingerprint density at radius 1 is 1.12 bits per heavy atom. The molecule has 0 saturated carbocycles. The van der Waals surface area contributed by atoms with E-state index in [-0.39, 0.29) is 0 Å². The van der Waals surface area contributed by atoms with Crippen LogP contribution in [0.3, 0.4) is 0 Å². The van der Waals surface area contributed by atoms with Crippen LogP contribution >= 0.6 is 11.6 Å². The molecule has 1 N–H and O–H groups in total. The van der Waals surface area contributed by atoms with Crippen molar-refractivity contribution >= 4 is 17.2 Å². The van der Waals surface area contributed by atoms with E-state index in [0.717, 1.165) is 65.5 Å². The van der Waals surface area contributed by atoms with Crippen LogP contribution in [0.2, 0.25) is 5.02 Å². The number of likely N-dealkylation sites (tertiary alicyclic amines) is 1. The lowest BCUT2D eigenvalue weighted by molar-refractivity contribution is -0.0254. The molecular formula is C28H29ClN2O3. The van der Waals surface area contributed by atoms with Gasteiger partial charge in [0.2, 0.25) is 0 Å². The summed E-state index contributed by atoms with van der Waals surface area (Å²) in [6.07, 6.45) is 6.41. The number of pyridine rings is 1. The van der Waals surface area contributed by atoms with Crippen molar-refractivity contribution in [1.29, 1.82) is 0 Å². The molecule has 2 aliphatic rings. The smallest absolute Gasteiger partial charge is 0.131 e. The van der Waals surface area contributed by atoms with Gasteiger partial charge in [0.15, 0.2) is 0 Å². The van der Waals surface area contributed by atoms with E-state index in [1.165, 1.54) is 0 Å². The van der Waals surface area contributed by atoms with E-state index < -0.39 is 5.60 Å². The van der Waals surface area contributed by atoms with Gasteiger partial charge in [0.1, 0.15) is 18.1 Å². The van der Waals surface area contributed by atoms with E-state index in [1.54, 1.807) is 7.11 Å². The number of nitrogens with zero attached hydrogens (tertiary/aromatic N) is 2. The second-order valence-corrected chi connectivity index (χ2v) is 9.37. The molecule has 0 amide bonds. The van der Waals surface area contributed by atoms with Crippen LogP contribution in [0.1, 0.15) is 41.6 Å². The SMILES string of the molecule is COc1ccc2c(c1)C(=CCCN1CCC(O)(c3ccc(Cl)cc3)CC1)c1cccnc1CO2. The fourth-order valence-corrected chi connectivity index (χ4v) is 4.99. The summed E-state index contributed by atoms with van der Waals surface area (Å²) >= 11 is 6.02. The highest BCUT2D eigenvalue weighted by Gasteiger charge is 2.33. The Bertz CT molecular complexity index is 1180. The zero-order valence-electron chi connectivity index (χ0n) is 19.3. The van der Waals surface area contributed by atoms with Crippen LogP contribution in [0.15, 0.2) is 66.9 Å². The van der Waals surface area contributed by atoms with Gasteiger partial charge < -0.3 is 19.5 Å². The van der Waals surface area contributed by atoms with Crippen LogP contribution in [-0.2, 0) is 12.2 Å². The number of rotatable bonds is 5. The van der Waals surface area contributed by atoms with E-state index in [4.69, 9.17) is 21.1 Å². The molecule has 176 valence electrons. The Morgan fingerprint density at radius 3 is 2.68 bits per heavy atom. The number of halogens is 1. The average Bonchev–Trinajstić information content (AvgIpc) is 3.02. The number of fused-ring (bicyclic) bond motifs is 2. The molecule has 0 spiro atoms. The van der Waals surface area contributed by atoms with Gasteiger partial charge in [-0.1, -0.05) is 35.9 Å². The van der Waals surface area contributed by atoms with E-state index in [1.807, 2.05) is 54.7 Å². The van der Waals surface area contributed by atoms with Crippen LogP contribution < -0.4 is 9.47 Å². The summed E-state index contributed by atoms with van der Waals surface area (Å²) in [6.45, 7) is 3.08. The minimum absolute atomic E-state index is 0.447. The van der Waals surface area contributed by atoms with Crippen molar-refractivity contribution in [1.82, 2.24) is 9.88 Å². The Morgan fingerprint density at radius 2 is 1.91 bits per heavy atom. The largest absolute Gasteiger partial charge is 0.497 e. The Kier molecular flexibility index (Phi) is 6.59. The number of aromatic nitrogens is 1. The van der Waals surface area contributed by atoms with Gasteiger partial charge in [-0.25, -0.2) is 0 Å². The first kappa shape index (κ1) is 22.9. The number of aliphatic hydroxyl groups is 1. The fraction of sp³-hybridized carbons (Fsp3) is 0.321. The van der Waals surface area contributed by atoms with E-state index in [2.05, 4.69) is 22.0 Å². The lowest BCUT2D eigenvalue weighted by Gasteiger charge is -2.38. The van der Waals surface area contributed by atoms with Crippen molar-refractivity contribution in [2.24, 2.45) is 0 Å².